The van der Waals surface area contributed by atoms with Crippen molar-refractivity contribution in [3.8, 4) is 5.69 Å². The highest BCUT2D eigenvalue weighted by Gasteiger charge is 2.12. The normalized spacial score (nSPS) is 10.4. The number of aryl methyl sites for hydroxylation is 1. The first kappa shape index (κ1) is 12.9. The molecule has 0 aliphatic rings. The molecular weight excluding hydrogens is 244 g/mol. The molecule has 2 aromatic rings. The second-order valence-electron chi connectivity index (χ2n) is 4.20. The lowest BCUT2D eigenvalue weighted by atomic mass is 10.2. The largest absolute Gasteiger partial charge is 0.478 e. The number of carboxylic acids is 1. The van der Waals surface area contributed by atoms with Crippen molar-refractivity contribution in [2.24, 2.45) is 0 Å². The lowest BCUT2D eigenvalue weighted by Gasteiger charge is -2.02. The van der Waals surface area contributed by atoms with Gasteiger partial charge in [0.15, 0.2) is 0 Å². The molecule has 0 amide bonds. The number of nitrogens with zero attached hydrogens (tertiary/aromatic N) is 1. The summed E-state index contributed by atoms with van der Waals surface area (Å²) in [4.78, 5) is 23.1. The Morgan fingerprint density at radius 3 is 2.89 bits per heavy atom. The van der Waals surface area contributed by atoms with E-state index in [4.69, 9.17) is 5.11 Å². The van der Waals surface area contributed by atoms with Crippen molar-refractivity contribution in [3.05, 3.63) is 64.1 Å². The third-order valence-electron chi connectivity index (χ3n) is 2.89. The Labute approximate surface area is 109 Å². The summed E-state index contributed by atoms with van der Waals surface area (Å²) >= 11 is 0. The van der Waals surface area contributed by atoms with Gasteiger partial charge < -0.3 is 5.11 Å². The zero-order valence-corrected chi connectivity index (χ0v) is 10.5. The molecule has 2 N–H and O–H groups in total. The number of aromatic carboxylic acids is 1. The van der Waals surface area contributed by atoms with E-state index in [0.717, 1.165) is 5.69 Å². The average molecular weight is 258 g/mol. The van der Waals surface area contributed by atoms with E-state index in [1.165, 1.54) is 16.8 Å². The van der Waals surface area contributed by atoms with Crippen molar-refractivity contribution in [1.29, 1.82) is 0 Å². The monoisotopic (exact) mass is 258 g/mol. The van der Waals surface area contributed by atoms with Crippen molar-refractivity contribution in [3.63, 3.8) is 0 Å². The highest BCUT2D eigenvalue weighted by molar-refractivity contribution is 5.88. The minimum Gasteiger partial charge on any atom is -0.478 e. The third kappa shape index (κ3) is 2.35. The Morgan fingerprint density at radius 1 is 1.53 bits per heavy atom. The maximum atomic E-state index is 12.2. The zero-order valence-electron chi connectivity index (χ0n) is 10.5. The quantitative estimate of drug-likeness (QED) is 0.822. The van der Waals surface area contributed by atoms with Gasteiger partial charge in [0, 0.05) is 11.3 Å². The van der Waals surface area contributed by atoms with Crippen LogP contribution in [0.2, 0.25) is 0 Å². The smallest absolute Gasteiger partial charge is 0.335 e. The van der Waals surface area contributed by atoms with E-state index in [-0.39, 0.29) is 11.1 Å². The molecule has 1 aromatic carbocycles. The molecule has 0 bridgehead atoms. The van der Waals surface area contributed by atoms with Gasteiger partial charge in [-0.25, -0.2) is 9.48 Å². The van der Waals surface area contributed by atoms with Gasteiger partial charge in [-0.05, 0) is 31.5 Å². The third-order valence-corrected chi connectivity index (χ3v) is 2.89. The predicted octanol–water partition coefficient (Wildman–Crippen LogP) is 1.90. The summed E-state index contributed by atoms with van der Waals surface area (Å²) in [6.07, 6.45) is 2.14. The number of nitrogens with one attached hydrogen (secondary N) is 1. The Balaban J connectivity index is 2.56. The number of H-pyrrole nitrogens is 1. The first-order chi connectivity index (χ1) is 9.04. The molecular formula is C14H14N2O3. The highest BCUT2D eigenvalue weighted by Crippen LogP contribution is 2.10. The number of hydrogen-bond acceptors (Lipinski definition) is 2. The molecule has 19 heavy (non-hydrogen) atoms. The van der Waals surface area contributed by atoms with Crippen molar-refractivity contribution in [2.75, 3.05) is 0 Å². The second-order valence-corrected chi connectivity index (χ2v) is 4.20. The molecule has 0 saturated heterocycles. The number of carboxylic acid groups (broad SMARTS) is 1. The molecule has 0 atom stereocenters. The minimum atomic E-state index is -1.02. The number of carbonyl (C=O) groups is 1. The van der Waals surface area contributed by atoms with E-state index in [9.17, 15) is 9.59 Å². The topological polar surface area (TPSA) is 75.1 Å². The summed E-state index contributed by atoms with van der Waals surface area (Å²) in [7, 11) is 0. The molecule has 0 aliphatic heterocycles. The summed E-state index contributed by atoms with van der Waals surface area (Å²) in [6, 6.07) is 6.23. The Morgan fingerprint density at radius 2 is 2.26 bits per heavy atom. The van der Waals surface area contributed by atoms with Crippen molar-refractivity contribution in [1.82, 2.24) is 9.78 Å². The van der Waals surface area contributed by atoms with E-state index < -0.39 is 5.97 Å². The van der Waals surface area contributed by atoms with Gasteiger partial charge in [-0.15, -0.1) is 6.58 Å². The van der Waals surface area contributed by atoms with E-state index in [1.807, 2.05) is 0 Å². The van der Waals surface area contributed by atoms with Crippen molar-refractivity contribution >= 4 is 5.97 Å². The van der Waals surface area contributed by atoms with E-state index in [0.29, 0.717) is 17.7 Å². The lowest BCUT2D eigenvalue weighted by Crippen LogP contribution is -2.17. The summed E-state index contributed by atoms with van der Waals surface area (Å²) in [5.41, 5.74) is 1.85. The van der Waals surface area contributed by atoms with Crippen LogP contribution in [0.3, 0.4) is 0 Å². The summed E-state index contributed by atoms with van der Waals surface area (Å²) in [5, 5.41) is 11.9. The molecule has 98 valence electrons. The molecule has 0 fully saturated rings. The van der Waals surface area contributed by atoms with Crippen LogP contribution < -0.4 is 5.56 Å². The van der Waals surface area contributed by atoms with Gasteiger partial charge >= 0.3 is 5.97 Å². The van der Waals surface area contributed by atoms with Gasteiger partial charge in [-0.3, -0.25) is 9.89 Å². The number of aromatic amines is 1. The SMILES string of the molecule is C=CCc1c(C)[nH]n(-c2cccc(C(=O)O)c2)c1=O. The molecule has 0 aliphatic carbocycles. The molecule has 1 heterocycles. The van der Waals surface area contributed by atoms with Crippen LogP contribution in [0.4, 0.5) is 0 Å². The number of benzene rings is 1. The van der Waals surface area contributed by atoms with Crippen LogP contribution in [-0.2, 0) is 6.42 Å². The van der Waals surface area contributed by atoms with Crippen LogP contribution in [0.5, 0.6) is 0 Å². The summed E-state index contributed by atoms with van der Waals surface area (Å²) in [6.45, 7) is 5.42. The van der Waals surface area contributed by atoms with Gasteiger partial charge in [0.1, 0.15) is 0 Å². The van der Waals surface area contributed by atoms with Gasteiger partial charge in [0.25, 0.3) is 5.56 Å². The molecule has 0 saturated carbocycles. The number of hydrogen-bond donors (Lipinski definition) is 2. The Bertz CT molecular complexity index is 695. The number of allylic oxidation sites excluding steroid dienone is 1. The van der Waals surface area contributed by atoms with Crippen LogP contribution in [-0.4, -0.2) is 20.9 Å². The van der Waals surface area contributed by atoms with Crippen LogP contribution in [0.1, 0.15) is 21.6 Å². The number of aromatic nitrogens is 2. The first-order valence-corrected chi connectivity index (χ1v) is 5.79. The van der Waals surface area contributed by atoms with E-state index in [1.54, 1.807) is 25.1 Å². The predicted molar refractivity (Wildman–Crippen MR) is 72.0 cm³/mol. The van der Waals surface area contributed by atoms with Gasteiger partial charge in [0.05, 0.1) is 11.3 Å². The van der Waals surface area contributed by atoms with Crippen LogP contribution in [0.25, 0.3) is 5.69 Å². The molecule has 5 heteroatoms. The molecule has 0 spiro atoms. The fraction of sp³-hybridized carbons (Fsp3) is 0.143. The molecule has 2 rings (SSSR count). The fourth-order valence-corrected chi connectivity index (χ4v) is 1.93. The van der Waals surface area contributed by atoms with Crippen molar-refractivity contribution in [2.45, 2.75) is 13.3 Å². The average Bonchev–Trinajstić information content (AvgIpc) is 2.67. The lowest BCUT2D eigenvalue weighted by molar-refractivity contribution is 0.0697. The van der Waals surface area contributed by atoms with Gasteiger partial charge in [-0.1, -0.05) is 12.1 Å². The van der Waals surface area contributed by atoms with E-state index in [2.05, 4.69) is 11.7 Å². The molecule has 0 radical (unpaired) electrons. The standard InChI is InChI=1S/C14H14N2O3/c1-3-5-12-9(2)15-16(13(12)17)11-7-4-6-10(8-11)14(18)19/h3-4,6-8,15H,1,5H2,2H3,(H,18,19). The Hall–Kier alpha value is -2.56. The summed E-state index contributed by atoms with van der Waals surface area (Å²) in [5.74, 6) is -1.02. The van der Waals surface area contributed by atoms with E-state index >= 15 is 0 Å². The van der Waals surface area contributed by atoms with Gasteiger partial charge in [-0.2, -0.15) is 0 Å². The van der Waals surface area contributed by atoms with Crippen molar-refractivity contribution < 1.29 is 9.90 Å². The number of rotatable bonds is 4. The summed E-state index contributed by atoms with van der Waals surface area (Å²) < 4.78 is 1.35. The molecule has 0 unspecified atom stereocenters. The Kier molecular flexibility index (Phi) is 3.37. The highest BCUT2D eigenvalue weighted by atomic mass is 16.4. The molecule has 5 nitrogen and oxygen atoms in total. The zero-order chi connectivity index (χ0) is 14.0. The molecule has 1 aromatic heterocycles. The van der Waals surface area contributed by atoms with Crippen LogP contribution >= 0.6 is 0 Å². The van der Waals surface area contributed by atoms with Gasteiger partial charge in [0.2, 0.25) is 0 Å². The minimum absolute atomic E-state index is 0.141. The van der Waals surface area contributed by atoms with Crippen LogP contribution in [0, 0.1) is 6.92 Å². The first-order valence-electron chi connectivity index (χ1n) is 5.79. The second kappa shape index (κ2) is 4.97. The maximum Gasteiger partial charge on any atom is 0.335 e. The fourth-order valence-electron chi connectivity index (χ4n) is 1.93. The maximum absolute atomic E-state index is 12.2. The van der Waals surface area contributed by atoms with Crippen LogP contribution in [0.15, 0.2) is 41.7 Å².